The van der Waals surface area contributed by atoms with E-state index in [0.717, 1.165) is 11.1 Å². The van der Waals surface area contributed by atoms with Crippen molar-refractivity contribution in [1.82, 2.24) is 4.90 Å². The molecule has 2 aliphatic heterocycles. The predicted molar refractivity (Wildman–Crippen MR) is 79.4 cm³/mol. The Hall–Kier alpha value is -1.63. The molecule has 2 bridgehead atoms. The van der Waals surface area contributed by atoms with Crippen LogP contribution in [0, 0.1) is 0 Å². The Morgan fingerprint density at radius 2 is 2.13 bits per heavy atom. The third-order valence-electron chi connectivity index (χ3n) is 6.82. The molecule has 1 saturated carbocycles. The summed E-state index contributed by atoms with van der Waals surface area (Å²) in [7, 11) is 1.93. The molecule has 6 nitrogen and oxygen atoms in total. The minimum absolute atomic E-state index is 0.0139. The smallest absolute Gasteiger partial charge is 0.177 e. The number of carbonyl (C=O) groups is 1. The largest absolute Gasteiger partial charge is 0.504 e. The average molecular weight is 317 g/mol. The van der Waals surface area contributed by atoms with E-state index >= 15 is 0 Å². The van der Waals surface area contributed by atoms with Gasteiger partial charge < -0.3 is 20.1 Å². The van der Waals surface area contributed by atoms with E-state index in [4.69, 9.17) is 4.74 Å². The van der Waals surface area contributed by atoms with Crippen LogP contribution in [-0.2, 0) is 10.2 Å². The van der Waals surface area contributed by atoms with Gasteiger partial charge in [-0.1, -0.05) is 6.07 Å². The summed E-state index contributed by atoms with van der Waals surface area (Å²) in [6.07, 6.45) is -1.59. The van der Waals surface area contributed by atoms with Crippen LogP contribution in [0.3, 0.4) is 0 Å². The van der Waals surface area contributed by atoms with Crippen LogP contribution in [0.15, 0.2) is 12.1 Å². The number of ketones is 1. The molecular formula is C17H19NO5. The number of likely N-dealkylation sites (N-methyl/N-ethyl adjacent to an activating group) is 1. The van der Waals surface area contributed by atoms with Gasteiger partial charge in [-0.2, -0.15) is 0 Å². The zero-order chi connectivity index (χ0) is 16.3. The van der Waals surface area contributed by atoms with Crippen LogP contribution >= 0.6 is 0 Å². The molecule has 2 heterocycles. The number of carbonyl (C=O) groups excluding carboxylic acids is 1. The molecular weight excluding hydrogens is 298 g/mol. The van der Waals surface area contributed by atoms with Crippen molar-refractivity contribution in [2.45, 2.75) is 55.1 Å². The summed E-state index contributed by atoms with van der Waals surface area (Å²) in [6.45, 7) is 1.88. The molecule has 0 amide bonds. The predicted octanol–water partition coefficient (Wildman–Crippen LogP) is 0.234. The van der Waals surface area contributed by atoms with Gasteiger partial charge in [-0.3, -0.25) is 9.69 Å². The second-order valence-electron chi connectivity index (χ2n) is 7.42. The first-order valence-corrected chi connectivity index (χ1v) is 8.02. The number of phenols is 1. The molecule has 2 aliphatic carbocycles. The van der Waals surface area contributed by atoms with Crippen LogP contribution in [0.1, 0.15) is 36.9 Å². The number of aliphatic hydroxyl groups is 2. The summed E-state index contributed by atoms with van der Waals surface area (Å²) in [5.41, 5.74) is -0.756. The molecule has 3 N–H and O–H groups in total. The zero-order valence-corrected chi connectivity index (χ0v) is 13.0. The lowest BCUT2D eigenvalue weighted by atomic mass is 9.54. The van der Waals surface area contributed by atoms with E-state index in [1.807, 2.05) is 20.0 Å². The highest BCUT2D eigenvalue weighted by Crippen LogP contribution is 2.69. The number of piperidine rings is 1. The highest BCUT2D eigenvalue weighted by atomic mass is 16.5. The maximum Gasteiger partial charge on any atom is 0.177 e. The Labute approximate surface area is 133 Å². The number of ether oxygens (including phenoxy) is 1. The third-order valence-corrected chi connectivity index (χ3v) is 6.82. The van der Waals surface area contributed by atoms with Crippen molar-refractivity contribution in [3.05, 3.63) is 23.3 Å². The van der Waals surface area contributed by atoms with Gasteiger partial charge in [0.05, 0.1) is 11.5 Å². The van der Waals surface area contributed by atoms with E-state index in [-0.39, 0.29) is 30.0 Å². The first kappa shape index (κ1) is 13.8. The number of Topliss-reactive ketones (excluding diaryl/α,β-unsaturated/α-hetero) is 1. The standard InChI is InChI=1S/C17H19NO5/c1-7-17(22)12(21)5-11(20)15-16(17)6-9(18(7)2)8-3-4-10(19)14(23-15)13(8)16/h3-4,7,9,12,15,19,21-22H,5-6H2,1-2H3. The van der Waals surface area contributed by atoms with Gasteiger partial charge >= 0.3 is 0 Å². The fourth-order valence-electron chi connectivity index (χ4n) is 5.68. The minimum Gasteiger partial charge on any atom is -0.504 e. The SMILES string of the molecule is CC1N(C)C2CC34c5c2ccc(O)c5OC3C(=O)CC(O)C14O. The Morgan fingerprint density at radius 3 is 2.87 bits per heavy atom. The summed E-state index contributed by atoms with van der Waals surface area (Å²) in [4.78, 5) is 14.6. The monoisotopic (exact) mass is 317 g/mol. The molecule has 1 spiro atoms. The van der Waals surface area contributed by atoms with Gasteiger partial charge in [0.15, 0.2) is 23.4 Å². The van der Waals surface area contributed by atoms with Crippen LogP contribution < -0.4 is 4.74 Å². The number of aliphatic hydroxyl groups excluding tert-OH is 1. The lowest BCUT2D eigenvalue weighted by Gasteiger charge is -2.59. The van der Waals surface area contributed by atoms with E-state index in [2.05, 4.69) is 4.90 Å². The van der Waals surface area contributed by atoms with Crippen molar-refractivity contribution >= 4 is 5.78 Å². The summed E-state index contributed by atoms with van der Waals surface area (Å²) >= 11 is 0. The number of phenolic OH excluding ortho intramolecular Hbond substituents is 1. The summed E-state index contributed by atoms with van der Waals surface area (Å²) in [5.74, 6) is 0.0829. The van der Waals surface area contributed by atoms with Gasteiger partial charge in [-0.25, -0.2) is 0 Å². The third kappa shape index (κ3) is 1.15. The summed E-state index contributed by atoms with van der Waals surface area (Å²) < 4.78 is 5.85. The number of likely N-dealkylation sites (tertiary alicyclic amines) is 1. The topological polar surface area (TPSA) is 90.2 Å². The van der Waals surface area contributed by atoms with Gasteiger partial charge in [0, 0.05) is 24.1 Å². The van der Waals surface area contributed by atoms with E-state index in [1.54, 1.807) is 6.07 Å². The fraction of sp³-hybridized carbons (Fsp3) is 0.588. The molecule has 0 aromatic heterocycles. The Kier molecular flexibility index (Phi) is 2.22. The number of aromatic hydroxyl groups is 1. The quantitative estimate of drug-likeness (QED) is 0.635. The van der Waals surface area contributed by atoms with Gasteiger partial charge in [0.25, 0.3) is 0 Å². The molecule has 6 unspecified atom stereocenters. The highest BCUT2D eigenvalue weighted by Gasteiger charge is 2.77. The number of benzene rings is 1. The van der Waals surface area contributed by atoms with Crippen molar-refractivity contribution in [3.63, 3.8) is 0 Å². The van der Waals surface area contributed by atoms with E-state index in [1.165, 1.54) is 0 Å². The Balaban J connectivity index is 1.91. The van der Waals surface area contributed by atoms with Crippen LogP contribution in [0.25, 0.3) is 0 Å². The molecule has 0 radical (unpaired) electrons. The van der Waals surface area contributed by atoms with E-state index in [0.29, 0.717) is 12.2 Å². The molecule has 1 saturated heterocycles. The molecule has 1 aromatic rings. The molecule has 6 heteroatoms. The lowest BCUT2D eigenvalue weighted by molar-refractivity contribution is -0.223. The molecule has 1 aromatic carbocycles. The van der Waals surface area contributed by atoms with Crippen molar-refractivity contribution in [1.29, 1.82) is 0 Å². The molecule has 5 rings (SSSR count). The lowest BCUT2D eigenvalue weighted by Crippen LogP contribution is -2.76. The molecule has 2 fully saturated rings. The molecule has 6 atom stereocenters. The number of nitrogens with zero attached hydrogens (tertiary/aromatic N) is 1. The van der Waals surface area contributed by atoms with Gasteiger partial charge in [-0.05, 0) is 32.0 Å². The van der Waals surface area contributed by atoms with Gasteiger partial charge in [-0.15, -0.1) is 0 Å². The molecule has 23 heavy (non-hydrogen) atoms. The van der Waals surface area contributed by atoms with Crippen molar-refractivity contribution < 1.29 is 24.9 Å². The maximum atomic E-state index is 12.6. The van der Waals surface area contributed by atoms with Crippen molar-refractivity contribution in [2.75, 3.05) is 7.05 Å². The van der Waals surface area contributed by atoms with Gasteiger partial charge in [0.1, 0.15) is 5.60 Å². The highest BCUT2D eigenvalue weighted by molar-refractivity contribution is 5.91. The van der Waals surface area contributed by atoms with Crippen molar-refractivity contribution in [2.24, 2.45) is 0 Å². The Morgan fingerprint density at radius 1 is 1.39 bits per heavy atom. The number of hydrogen-bond acceptors (Lipinski definition) is 6. The van der Waals surface area contributed by atoms with Gasteiger partial charge in [0.2, 0.25) is 0 Å². The van der Waals surface area contributed by atoms with Crippen molar-refractivity contribution in [3.8, 4) is 11.5 Å². The van der Waals surface area contributed by atoms with Crippen LogP contribution in [0.2, 0.25) is 0 Å². The maximum absolute atomic E-state index is 12.6. The van der Waals surface area contributed by atoms with E-state index in [9.17, 15) is 20.1 Å². The van der Waals surface area contributed by atoms with E-state index < -0.39 is 23.2 Å². The average Bonchev–Trinajstić information content (AvgIpc) is 3.02. The first-order chi connectivity index (χ1) is 10.8. The second kappa shape index (κ2) is 3.71. The van der Waals surface area contributed by atoms with Crippen LogP contribution in [0.5, 0.6) is 11.5 Å². The normalized spacial score (nSPS) is 46.7. The summed E-state index contributed by atoms with van der Waals surface area (Å²) in [6, 6.07) is 3.14. The summed E-state index contributed by atoms with van der Waals surface area (Å²) in [5, 5.41) is 32.5. The van der Waals surface area contributed by atoms with Crippen LogP contribution in [-0.4, -0.2) is 56.9 Å². The number of fused-ring (bicyclic) bond motifs is 2. The fourth-order valence-corrected chi connectivity index (χ4v) is 5.68. The molecule has 4 aliphatic rings. The minimum atomic E-state index is -1.48. The number of hydrogen-bond donors (Lipinski definition) is 3. The molecule has 122 valence electrons. The first-order valence-electron chi connectivity index (χ1n) is 8.02. The second-order valence-corrected chi connectivity index (χ2v) is 7.42. The number of rotatable bonds is 0. The zero-order valence-electron chi connectivity index (χ0n) is 13.0. The van der Waals surface area contributed by atoms with Crippen LogP contribution in [0.4, 0.5) is 0 Å². The Bertz CT molecular complexity index is 764.